The fourth-order valence-corrected chi connectivity index (χ4v) is 1.73. The third kappa shape index (κ3) is 2.40. The van der Waals surface area contributed by atoms with E-state index in [1.807, 2.05) is 18.2 Å². The molecule has 0 radical (unpaired) electrons. The van der Waals surface area contributed by atoms with Gasteiger partial charge >= 0.3 is 0 Å². The van der Waals surface area contributed by atoms with Gasteiger partial charge in [-0.2, -0.15) is 0 Å². The van der Waals surface area contributed by atoms with E-state index in [1.165, 1.54) is 6.42 Å². The molecule has 0 bridgehead atoms. The van der Waals surface area contributed by atoms with Crippen molar-refractivity contribution in [1.82, 2.24) is 0 Å². The smallest absolute Gasteiger partial charge is 0.144 e. The molecule has 0 saturated heterocycles. The van der Waals surface area contributed by atoms with Crippen molar-refractivity contribution >= 4 is 11.4 Å². The Kier molecular flexibility index (Phi) is 3.22. The molecule has 0 aliphatic heterocycles. The SMILES string of the molecule is CCCOc1cccc(NC2CC2C)c1N. The average Bonchev–Trinajstić information content (AvgIpc) is 2.96. The Balaban J connectivity index is 2.06. The number of anilines is 2. The van der Waals surface area contributed by atoms with Crippen molar-refractivity contribution in [2.75, 3.05) is 17.7 Å². The van der Waals surface area contributed by atoms with Crippen LogP contribution in [0.4, 0.5) is 11.4 Å². The third-order valence-corrected chi connectivity index (χ3v) is 2.98. The molecule has 16 heavy (non-hydrogen) atoms. The second-order valence-electron chi connectivity index (χ2n) is 4.53. The van der Waals surface area contributed by atoms with Gasteiger partial charge in [0.1, 0.15) is 5.75 Å². The van der Waals surface area contributed by atoms with Crippen molar-refractivity contribution in [3.63, 3.8) is 0 Å². The van der Waals surface area contributed by atoms with E-state index in [0.717, 1.165) is 29.5 Å². The van der Waals surface area contributed by atoms with Crippen molar-refractivity contribution in [2.24, 2.45) is 5.92 Å². The van der Waals surface area contributed by atoms with Crippen LogP contribution in [0.25, 0.3) is 0 Å². The van der Waals surface area contributed by atoms with Gasteiger partial charge in [0, 0.05) is 6.04 Å². The molecular formula is C13H20N2O. The van der Waals surface area contributed by atoms with Crippen LogP contribution >= 0.6 is 0 Å². The minimum absolute atomic E-state index is 0.587. The molecular weight excluding hydrogens is 200 g/mol. The summed E-state index contributed by atoms with van der Waals surface area (Å²) in [4.78, 5) is 0. The Hall–Kier alpha value is -1.38. The molecule has 1 aliphatic rings. The summed E-state index contributed by atoms with van der Waals surface area (Å²) < 4.78 is 5.59. The lowest BCUT2D eigenvalue weighted by Gasteiger charge is -2.13. The van der Waals surface area contributed by atoms with Gasteiger partial charge in [-0.05, 0) is 30.9 Å². The lowest BCUT2D eigenvalue weighted by atomic mass is 10.2. The fourth-order valence-electron chi connectivity index (χ4n) is 1.73. The zero-order chi connectivity index (χ0) is 11.5. The molecule has 0 aromatic heterocycles. The van der Waals surface area contributed by atoms with Gasteiger partial charge in [0.25, 0.3) is 0 Å². The Morgan fingerprint density at radius 3 is 2.88 bits per heavy atom. The summed E-state index contributed by atoms with van der Waals surface area (Å²) in [6, 6.07) is 6.51. The van der Waals surface area contributed by atoms with Crippen LogP contribution in [-0.2, 0) is 0 Å². The van der Waals surface area contributed by atoms with Crippen LogP contribution in [-0.4, -0.2) is 12.6 Å². The third-order valence-electron chi connectivity index (χ3n) is 2.98. The molecule has 3 heteroatoms. The van der Waals surface area contributed by atoms with Crippen LogP contribution in [0.1, 0.15) is 26.7 Å². The largest absolute Gasteiger partial charge is 0.491 e. The lowest BCUT2D eigenvalue weighted by Crippen LogP contribution is -2.07. The van der Waals surface area contributed by atoms with E-state index >= 15 is 0 Å². The second-order valence-corrected chi connectivity index (χ2v) is 4.53. The number of nitrogens with two attached hydrogens (primary N) is 1. The van der Waals surface area contributed by atoms with E-state index in [0.29, 0.717) is 12.6 Å². The van der Waals surface area contributed by atoms with E-state index in [9.17, 15) is 0 Å². The van der Waals surface area contributed by atoms with E-state index < -0.39 is 0 Å². The summed E-state index contributed by atoms with van der Waals surface area (Å²) in [5, 5.41) is 3.45. The first-order valence-corrected chi connectivity index (χ1v) is 6.00. The van der Waals surface area contributed by atoms with Crippen LogP contribution in [0.15, 0.2) is 18.2 Å². The summed E-state index contributed by atoms with van der Waals surface area (Å²) in [6.45, 7) is 5.04. The van der Waals surface area contributed by atoms with Gasteiger partial charge in [-0.25, -0.2) is 0 Å². The van der Waals surface area contributed by atoms with Crippen molar-refractivity contribution in [3.8, 4) is 5.75 Å². The molecule has 1 aromatic rings. The molecule has 2 rings (SSSR count). The standard InChI is InChI=1S/C13H20N2O/c1-3-7-16-12-6-4-5-10(13(12)14)15-11-8-9(11)2/h4-6,9,11,15H,3,7-8,14H2,1-2H3. The van der Waals surface area contributed by atoms with E-state index in [-0.39, 0.29) is 0 Å². The molecule has 2 unspecified atom stereocenters. The normalized spacial score (nSPS) is 22.9. The van der Waals surface area contributed by atoms with Gasteiger partial charge in [0.15, 0.2) is 0 Å². The maximum absolute atomic E-state index is 6.06. The van der Waals surface area contributed by atoms with Crippen molar-refractivity contribution in [1.29, 1.82) is 0 Å². The number of hydrogen-bond donors (Lipinski definition) is 2. The van der Waals surface area contributed by atoms with Gasteiger partial charge in [0.05, 0.1) is 18.0 Å². The highest BCUT2D eigenvalue weighted by atomic mass is 16.5. The Bertz CT molecular complexity index is 365. The number of benzene rings is 1. The van der Waals surface area contributed by atoms with Crippen LogP contribution < -0.4 is 15.8 Å². The molecule has 3 nitrogen and oxygen atoms in total. The minimum atomic E-state index is 0.587. The second kappa shape index (κ2) is 4.64. The maximum atomic E-state index is 6.06. The van der Waals surface area contributed by atoms with Gasteiger partial charge in [0.2, 0.25) is 0 Å². The van der Waals surface area contributed by atoms with Gasteiger partial charge in [-0.3, -0.25) is 0 Å². The zero-order valence-corrected chi connectivity index (χ0v) is 9.99. The van der Waals surface area contributed by atoms with E-state index in [4.69, 9.17) is 10.5 Å². The summed E-state index contributed by atoms with van der Waals surface area (Å²) in [6.07, 6.45) is 2.23. The highest BCUT2D eigenvalue weighted by Gasteiger charge is 2.32. The van der Waals surface area contributed by atoms with Crippen LogP contribution in [0, 0.1) is 5.92 Å². The molecule has 0 amide bonds. The number of para-hydroxylation sites is 1. The number of hydrogen-bond acceptors (Lipinski definition) is 3. The summed E-state index contributed by atoms with van der Waals surface area (Å²) in [5.41, 5.74) is 7.79. The average molecular weight is 220 g/mol. The Labute approximate surface area is 97.0 Å². The van der Waals surface area contributed by atoms with Gasteiger partial charge < -0.3 is 15.8 Å². The zero-order valence-electron chi connectivity index (χ0n) is 9.99. The van der Waals surface area contributed by atoms with E-state index in [2.05, 4.69) is 19.2 Å². The van der Waals surface area contributed by atoms with Crippen LogP contribution in [0.5, 0.6) is 5.75 Å². The molecule has 1 saturated carbocycles. The molecule has 0 heterocycles. The van der Waals surface area contributed by atoms with Gasteiger partial charge in [-0.15, -0.1) is 0 Å². The Morgan fingerprint density at radius 2 is 2.25 bits per heavy atom. The minimum Gasteiger partial charge on any atom is -0.491 e. The topological polar surface area (TPSA) is 47.3 Å². The maximum Gasteiger partial charge on any atom is 0.144 e. The number of nitrogen functional groups attached to an aromatic ring is 1. The van der Waals surface area contributed by atoms with Crippen LogP contribution in [0.3, 0.4) is 0 Å². The first kappa shape index (κ1) is 11.1. The van der Waals surface area contributed by atoms with Crippen molar-refractivity contribution in [2.45, 2.75) is 32.7 Å². The fraction of sp³-hybridized carbons (Fsp3) is 0.538. The predicted octanol–water partition coefficient (Wildman–Crippen LogP) is 2.88. The summed E-state index contributed by atoms with van der Waals surface area (Å²) in [7, 11) is 0. The quantitative estimate of drug-likeness (QED) is 0.750. The first-order valence-electron chi connectivity index (χ1n) is 6.00. The number of ether oxygens (including phenoxy) is 1. The Morgan fingerprint density at radius 1 is 1.50 bits per heavy atom. The van der Waals surface area contributed by atoms with Crippen molar-refractivity contribution < 1.29 is 4.74 Å². The molecule has 1 aliphatic carbocycles. The molecule has 1 fully saturated rings. The summed E-state index contributed by atoms with van der Waals surface area (Å²) >= 11 is 0. The molecule has 3 N–H and O–H groups in total. The predicted molar refractivity (Wildman–Crippen MR) is 67.8 cm³/mol. The molecule has 1 aromatic carbocycles. The highest BCUT2D eigenvalue weighted by molar-refractivity contribution is 5.73. The summed E-state index contributed by atoms with van der Waals surface area (Å²) in [5.74, 6) is 1.56. The van der Waals surface area contributed by atoms with Crippen LogP contribution in [0.2, 0.25) is 0 Å². The molecule has 2 atom stereocenters. The lowest BCUT2D eigenvalue weighted by molar-refractivity contribution is 0.319. The monoisotopic (exact) mass is 220 g/mol. The molecule has 88 valence electrons. The highest BCUT2D eigenvalue weighted by Crippen LogP contribution is 2.36. The van der Waals surface area contributed by atoms with Crippen molar-refractivity contribution in [3.05, 3.63) is 18.2 Å². The van der Waals surface area contributed by atoms with Gasteiger partial charge in [-0.1, -0.05) is 19.9 Å². The first-order chi connectivity index (χ1) is 7.72. The molecule has 0 spiro atoms. The number of nitrogens with one attached hydrogen (secondary N) is 1. The van der Waals surface area contributed by atoms with E-state index in [1.54, 1.807) is 0 Å². The number of rotatable bonds is 5.